The second kappa shape index (κ2) is 6.23. The van der Waals surface area contributed by atoms with Crippen LogP contribution in [0.2, 0.25) is 0 Å². The first-order valence-electron chi connectivity index (χ1n) is 7.57. The van der Waals surface area contributed by atoms with Crippen molar-refractivity contribution in [3.8, 4) is 0 Å². The van der Waals surface area contributed by atoms with Crippen LogP contribution in [-0.2, 0) is 19.6 Å². The van der Waals surface area contributed by atoms with Gasteiger partial charge in [-0.1, -0.05) is 0 Å². The molecule has 0 aliphatic carbocycles. The molecule has 0 atom stereocenters. The summed E-state index contributed by atoms with van der Waals surface area (Å²) in [6, 6.07) is 5.97. The highest BCUT2D eigenvalue weighted by molar-refractivity contribution is 7.94. The first-order valence-corrected chi connectivity index (χ1v) is 9.18. The molecular weight excluding hydrogens is 334 g/mol. The van der Waals surface area contributed by atoms with Gasteiger partial charge in [0.25, 0.3) is 5.91 Å². The van der Waals surface area contributed by atoms with Gasteiger partial charge >= 0.3 is 0 Å². The molecule has 0 unspecified atom stereocenters. The summed E-state index contributed by atoms with van der Waals surface area (Å²) in [5, 5.41) is 0. The Labute approximate surface area is 139 Å². The first-order chi connectivity index (χ1) is 11.4. The molecule has 128 valence electrons. The van der Waals surface area contributed by atoms with Gasteiger partial charge in [-0.2, -0.15) is 0 Å². The van der Waals surface area contributed by atoms with Crippen molar-refractivity contribution in [2.75, 3.05) is 36.2 Å². The van der Waals surface area contributed by atoms with Crippen LogP contribution < -0.4 is 4.31 Å². The first kappa shape index (κ1) is 16.4. The molecule has 9 heteroatoms. The highest BCUT2D eigenvalue weighted by Crippen LogP contribution is 2.25. The maximum absolute atomic E-state index is 12.4. The summed E-state index contributed by atoms with van der Waals surface area (Å²) in [4.78, 5) is 38.1. The summed E-state index contributed by atoms with van der Waals surface area (Å²) in [5.41, 5.74) is 0.669. The van der Waals surface area contributed by atoms with Gasteiger partial charge in [0.05, 0.1) is 11.4 Å². The molecule has 2 saturated heterocycles. The molecule has 0 saturated carbocycles. The molecule has 3 amide bonds. The van der Waals surface area contributed by atoms with E-state index in [4.69, 9.17) is 0 Å². The zero-order valence-corrected chi connectivity index (χ0v) is 13.7. The van der Waals surface area contributed by atoms with Crippen molar-refractivity contribution in [1.29, 1.82) is 0 Å². The minimum atomic E-state index is -3.60. The number of carbonyl (C=O) groups excluding carboxylic acids is 3. The standard InChI is InChI=1S/C15H17N3O5S/c19-11-16-6-8-17(9-7-16)15(21)12-1-3-13(4-2-12)18-14(20)5-10-24(18,22)23/h1-4,11H,5-10H2. The molecule has 1 aromatic carbocycles. The molecule has 24 heavy (non-hydrogen) atoms. The summed E-state index contributed by atoms with van der Waals surface area (Å²) in [7, 11) is -3.60. The van der Waals surface area contributed by atoms with Crippen LogP contribution in [0.25, 0.3) is 0 Å². The zero-order chi connectivity index (χ0) is 17.3. The summed E-state index contributed by atoms with van der Waals surface area (Å²) in [6.45, 7) is 1.90. The van der Waals surface area contributed by atoms with Crippen LogP contribution in [0.1, 0.15) is 16.8 Å². The number of piperazine rings is 1. The Morgan fingerprint density at radius 1 is 1.04 bits per heavy atom. The lowest BCUT2D eigenvalue weighted by Gasteiger charge is -2.32. The minimum Gasteiger partial charge on any atom is -0.342 e. The third-order valence-corrected chi connectivity index (χ3v) is 5.87. The Balaban J connectivity index is 1.74. The summed E-state index contributed by atoms with van der Waals surface area (Å²) in [5.74, 6) is -0.824. The lowest BCUT2D eigenvalue weighted by atomic mass is 10.1. The molecule has 2 fully saturated rings. The van der Waals surface area contributed by atoms with Crippen LogP contribution in [0.15, 0.2) is 24.3 Å². The molecule has 0 radical (unpaired) electrons. The number of hydrogen-bond acceptors (Lipinski definition) is 5. The fourth-order valence-corrected chi connectivity index (χ4v) is 4.28. The van der Waals surface area contributed by atoms with Crippen LogP contribution >= 0.6 is 0 Å². The fourth-order valence-electron chi connectivity index (χ4n) is 2.82. The van der Waals surface area contributed by atoms with Crippen LogP contribution in [-0.4, -0.2) is 68.4 Å². The van der Waals surface area contributed by atoms with E-state index in [-0.39, 0.29) is 23.8 Å². The van der Waals surface area contributed by atoms with Crippen LogP contribution in [0, 0.1) is 0 Å². The smallest absolute Gasteiger partial charge is 0.253 e. The second-order valence-corrected chi connectivity index (χ2v) is 7.64. The topological polar surface area (TPSA) is 95.1 Å². The molecule has 1 aromatic rings. The van der Waals surface area contributed by atoms with E-state index >= 15 is 0 Å². The van der Waals surface area contributed by atoms with Gasteiger partial charge in [-0.15, -0.1) is 0 Å². The number of amides is 3. The van der Waals surface area contributed by atoms with Gasteiger partial charge in [-0.05, 0) is 24.3 Å². The van der Waals surface area contributed by atoms with E-state index in [9.17, 15) is 22.8 Å². The van der Waals surface area contributed by atoms with Gasteiger partial charge in [-0.3, -0.25) is 14.4 Å². The van der Waals surface area contributed by atoms with E-state index in [2.05, 4.69) is 0 Å². The Morgan fingerprint density at radius 2 is 1.67 bits per heavy atom. The van der Waals surface area contributed by atoms with E-state index in [1.54, 1.807) is 9.80 Å². The van der Waals surface area contributed by atoms with E-state index in [1.165, 1.54) is 24.3 Å². The monoisotopic (exact) mass is 351 g/mol. The van der Waals surface area contributed by atoms with Crippen LogP contribution in [0.5, 0.6) is 0 Å². The fraction of sp³-hybridized carbons (Fsp3) is 0.400. The van der Waals surface area contributed by atoms with Crippen molar-refractivity contribution in [2.45, 2.75) is 6.42 Å². The Kier molecular flexibility index (Phi) is 4.27. The predicted molar refractivity (Wildman–Crippen MR) is 85.9 cm³/mol. The Bertz CT molecular complexity index is 767. The highest BCUT2D eigenvalue weighted by atomic mass is 32.2. The van der Waals surface area contributed by atoms with Crippen molar-refractivity contribution in [3.63, 3.8) is 0 Å². The van der Waals surface area contributed by atoms with Crippen LogP contribution in [0.4, 0.5) is 5.69 Å². The van der Waals surface area contributed by atoms with Crippen molar-refractivity contribution >= 4 is 33.9 Å². The molecule has 2 aliphatic rings. The molecule has 2 heterocycles. The Morgan fingerprint density at radius 3 is 2.17 bits per heavy atom. The van der Waals surface area contributed by atoms with Gasteiger partial charge in [-0.25, -0.2) is 12.7 Å². The second-order valence-electron chi connectivity index (χ2n) is 5.70. The Hall–Kier alpha value is -2.42. The number of nitrogens with zero attached hydrogens (tertiary/aromatic N) is 3. The number of hydrogen-bond donors (Lipinski definition) is 0. The van der Waals surface area contributed by atoms with Gasteiger partial charge in [0.15, 0.2) is 0 Å². The number of sulfonamides is 1. The average molecular weight is 351 g/mol. The largest absolute Gasteiger partial charge is 0.342 e. The quantitative estimate of drug-likeness (QED) is 0.695. The lowest BCUT2D eigenvalue weighted by molar-refractivity contribution is -0.119. The zero-order valence-electron chi connectivity index (χ0n) is 12.9. The number of carbonyl (C=O) groups is 3. The van der Waals surface area contributed by atoms with Gasteiger partial charge in [0, 0.05) is 38.2 Å². The van der Waals surface area contributed by atoms with Gasteiger partial charge in [0.2, 0.25) is 22.3 Å². The lowest BCUT2D eigenvalue weighted by Crippen LogP contribution is -2.48. The van der Waals surface area contributed by atoms with Crippen LogP contribution in [0.3, 0.4) is 0 Å². The van der Waals surface area contributed by atoms with E-state index < -0.39 is 15.9 Å². The van der Waals surface area contributed by atoms with E-state index in [0.29, 0.717) is 31.7 Å². The third-order valence-electron chi connectivity index (χ3n) is 4.18. The van der Waals surface area contributed by atoms with Crippen molar-refractivity contribution in [3.05, 3.63) is 29.8 Å². The van der Waals surface area contributed by atoms with E-state index in [0.717, 1.165) is 10.7 Å². The predicted octanol–water partition coefficient (Wildman–Crippen LogP) is -0.333. The van der Waals surface area contributed by atoms with Crippen molar-refractivity contribution < 1.29 is 22.8 Å². The van der Waals surface area contributed by atoms with Gasteiger partial charge < -0.3 is 9.80 Å². The molecule has 0 bridgehead atoms. The van der Waals surface area contributed by atoms with E-state index in [1.807, 2.05) is 0 Å². The van der Waals surface area contributed by atoms with Crippen molar-refractivity contribution in [2.24, 2.45) is 0 Å². The summed E-state index contributed by atoms with van der Waals surface area (Å²) in [6.07, 6.45) is 0.744. The third kappa shape index (κ3) is 2.99. The maximum Gasteiger partial charge on any atom is 0.253 e. The number of benzene rings is 1. The molecule has 3 rings (SSSR count). The van der Waals surface area contributed by atoms with Crippen molar-refractivity contribution in [1.82, 2.24) is 9.80 Å². The minimum absolute atomic E-state index is 0.0238. The van der Waals surface area contributed by atoms with Gasteiger partial charge in [0.1, 0.15) is 0 Å². The SMILES string of the molecule is O=CN1CCN(C(=O)c2ccc(N3C(=O)CCS3(=O)=O)cc2)CC1. The number of rotatable bonds is 3. The molecule has 8 nitrogen and oxygen atoms in total. The number of anilines is 1. The molecular formula is C15H17N3O5S. The summed E-state index contributed by atoms with van der Waals surface area (Å²) >= 11 is 0. The normalized spacial score (nSPS) is 20.3. The molecule has 0 N–H and O–H groups in total. The maximum atomic E-state index is 12.4. The summed E-state index contributed by atoms with van der Waals surface area (Å²) < 4.78 is 24.6. The average Bonchev–Trinajstić information content (AvgIpc) is 2.87. The molecule has 0 spiro atoms. The molecule has 0 aromatic heterocycles. The highest BCUT2D eigenvalue weighted by Gasteiger charge is 2.36. The molecule has 2 aliphatic heterocycles.